The van der Waals surface area contributed by atoms with E-state index in [2.05, 4.69) is 14.1 Å². The predicted molar refractivity (Wildman–Crippen MR) is 103 cm³/mol. The van der Waals surface area contributed by atoms with E-state index in [1.807, 2.05) is 12.1 Å². The number of nitrogens with zero attached hydrogens (tertiary/aromatic N) is 1. The van der Waals surface area contributed by atoms with E-state index >= 15 is 0 Å². The summed E-state index contributed by atoms with van der Waals surface area (Å²) in [5.41, 5.74) is 4.72. The second kappa shape index (κ2) is 6.25. The Morgan fingerprint density at radius 3 is 2.27 bits per heavy atom. The third kappa shape index (κ3) is 2.42. The molecule has 0 aromatic heterocycles. The van der Waals surface area contributed by atoms with Crippen molar-refractivity contribution in [2.75, 3.05) is 34.9 Å². The second-order valence-electron chi connectivity index (χ2n) is 7.50. The molecule has 0 amide bonds. The maximum atomic E-state index is 10.9. The van der Waals surface area contributed by atoms with Gasteiger partial charge in [0, 0.05) is 29.5 Å². The molecule has 2 aliphatic rings. The van der Waals surface area contributed by atoms with Gasteiger partial charge in [-0.2, -0.15) is 0 Å². The SMILES string of the molecule is COc1ccc2c(c1O)-c1c(O)c(OC)cc3c1C(C2)[N+](C)(C)CC3.Cl. The van der Waals surface area contributed by atoms with E-state index in [9.17, 15) is 10.2 Å². The Labute approximate surface area is 159 Å². The van der Waals surface area contributed by atoms with Crippen molar-refractivity contribution in [2.24, 2.45) is 0 Å². The number of quaternary nitrogens is 1. The minimum atomic E-state index is 0. The lowest BCUT2D eigenvalue weighted by atomic mass is 9.75. The molecule has 1 heterocycles. The van der Waals surface area contributed by atoms with Crippen LogP contribution in [0.2, 0.25) is 0 Å². The zero-order valence-corrected chi connectivity index (χ0v) is 16.3. The van der Waals surface area contributed by atoms with Crippen LogP contribution >= 0.6 is 12.4 Å². The van der Waals surface area contributed by atoms with Gasteiger partial charge in [-0.15, -0.1) is 12.4 Å². The molecule has 5 nitrogen and oxygen atoms in total. The van der Waals surface area contributed by atoms with Crippen LogP contribution in [0.25, 0.3) is 11.1 Å². The zero-order valence-electron chi connectivity index (χ0n) is 15.5. The molecule has 26 heavy (non-hydrogen) atoms. The van der Waals surface area contributed by atoms with Crippen molar-refractivity contribution < 1.29 is 24.2 Å². The van der Waals surface area contributed by atoms with Crippen molar-refractivity contribution >= 4 is 12.4 Å². The Kier molecular flexibility index (Phi) is 4.49. The lowest BCUT2D eigenvalue weighted by molar-refractivity contribution is -0.923. The first kappa shape index (κ1) is 18.7. The summed E-state index contributed by atoms with van der Waals surface area (Å²) in [5, 5.41) is 21.7. The molecule has 0 fully saturated rings. The normalized spacial score (nSPS) is 19.0. The molecule has 2 aromatic carbocycles. The van der Waals surface area contributed by atoms with E-state index in [1.54, 1.807) is 13.2 Å². The number of ether oxygens (including phenoxy) is 2. The van der Waals surface area contributed by atoms with Crippen molar-refractivity contribution in [1.82, 2.24) is 0 Å². The summed E-state index contributed by atoms with van der Waals surface area (Å²) in [6, 6.07) is 5.98. The number of hydrogen-bond acceptors (Lipinski definition) is 4. The highest BCUT2D eigenvalue weighted by molar-refractivity contribution is 5.87. The highest BCUT2D eigenvalue weighted by atomic mass is 35.5. The molecule has 2 aromatic rings. The quantitative estimate of drug-likeness (QED) is 0.786. The van der Waals surface area contributed by atoms with Gasteiger partial charge in [0.15, 0.2) is 23.0 Å². The summed E-state index contributed by atoms with van der Waals surface area (Å²) in [6.45, 7) is 1.03. The predicted octanol–water partition coefficient (Wildman–Crippen LogP) is 3.43. The average Bonchev–Trinajstić information content (AvgIpc) is 2.59. The lowest BCUT2D eigenvalue weighted by Crippen LogP contribution is -2.49. The second-order valence-corrected chi connectivity index (χ2v) is 7.50. The fourth-order valence-corrected chi connectivity index (χ4v) is 4.41. The number of phenols is 2. The molecule has 1 atom stereocenters. The average molecular weight is 379 g/mol. The minimum Gasteiger partial charge on any atom is -0.504 e. The van der Waals surface area contributed by atoms with Crippen molar-refractivity contribution in [3.63, 3.8) is 0 Å². The van der Waals surface area contributed by atoms with Gasteiger partial charge >= 0.3 is 0 Å². The van der Waals surface area contributed by atoms with E-state index in [0.717, 1.165) is 35.0 Å². The van der Waals surface area contributed by atoms with E-state index in [0.29, 0.717) is 22.6 Å². The number of methoxy groups -OCH3 is 2. The van der Waals surface area contributed by atoms with E-state index in [4.69, 9.17) is 9.47 Å². The van der Waals surface area contributed by atoms with Crippen LogP contribution < -0.4 is 9.47 Å². The smallest absolute Gasteiger partial charge is 0.166 e. The van der Waals surface area contributed by atoms with Crippen molar-refractivity contribution in [3.05, 3.63) is 34.9 Å². The van der Waals surface area contributed by atoms with Gasteiger partial charge in [0.1, 0.15) is 6.04 Å². The number of benzene rings is 2. The molecule has 2 N–H and O–H groups in total. The Morgan fingerprint density at radius 1 is 0.962 bits per heavy atom. The molecule has 140 valence electrons. The molecule has 6 heteroatoms. The maximum absolute atomic E-state index is 10.9. The molecule has 1 aliphatic heterocycles. The number of phenolic OH excluding ortho intramolecular Hbond substituents is 2. The summed E-state index contributed by atoms with van der Waals surface area (Å²) in [6.07, 6.45) is 1.74. The Balaban J connectivity index is 0.00000196. The van der Waals surface area contributed by atoms with Gasteiger partial charge in [0.2, 0.25) is 0 Å². The third-order valence-corrected chi connectivity index (χ3v) is 5.86. The summed E-state index contributed by atoms with van der Waals surface area (Å²) in [4.78, 5) is 0. The Hall–Kier alpha value is -2.11. The van der Waals surface area contributed by atoms with Crippen LogP contribution in [0.5, 0.6) is 23.0 Å². The van der Waals surface area contributed by atoms with Crippen LogP contribution in [0.4, 0.5) is 0 Å². The first-order valence-corrected chi connectivity index (χ1v) is 8.53. The molecule has 0 saturated heterocycles. The number of likely N-dealkylation sites (N-methyl/N-ethyl adjacent to an activating group) is 1. The maximum Gasteiger partial charge on any atom is 0.166 e. The molecule has 1 aliphatic carbocycles. The van der Waals surface area contributed by atoms with E-state index < -0.39 is 0 Å². The van der Waals surface area contributed by atoms with Crippen LogP contribution in [0, 0.1) is 0 Å². The van der Waals surface area contributed by atoms with Crippen LogP contribution in [0.1, 0.15) is 22.7 Å². The van der Waals surface area contributed by atoms with Crippen LogP contribution in [0.15, 0.2) is 18.2 Å². The third-order valence-electron chi connectivity index (χ3n) is 5.86. The van der Waals surface area contributed by atoms with Gasteiger partial charge in [-0.25, -0.2) is 0 Å². The molecular weight excluding hydrogens is 354 g/mol. The number of aromatic hydroxyl groups is 2. The molecular formula is C20H25ClNO4+. The van der Waals surface area contributed by atoms with Gasteiger partial charge in [0.25, 0.3) is 0 Å². The first-order valence-electron chi connectivity index (χ1n) is 8.53. The van der Waals surface area contributed by atoms with Crippen molar-refractivity contribution in [1.29, 1.82) is 0 Å². The van der Waals surface area contributed by atoms with Crippen LogP contribution in [0.3, 0.4) is 0 Å². The van der Waals surface area contributed by atoms with Crippen molar-refractivity contribution in [3.8, 4) is 34.1 Å². The largest absolute Gasteiger partial charge is 0.504 e. The van der Waals surface area contributed by atoms with Gasteiger partial charge in [-0.1, -0.05) is 6.07 Å². The van der Waals surface area contributed by atoms with Gasteiger partial charge in [-0.05, 0) is 23.3 Å². The lowest BCUT2D eigenvalue weighted by Gasteiger charge is -2.46. The molecule has 1 unspecified atom stereocenters. The number of hydrogen-bond donors (Lipinski definition) is 2. The summed E-state index contributed by atoms with van der Waals surface area (Å²) < 4.78 is 11.6. The zero-order chi connectivity index (χ0) is 17.9. The number of fused-ring (bicyclic) bond motifs is 2. The molecule has 0 bridgehead atoms. The topological polar surface area (TPSA) is 58.9 Å². The highest BCUT2D eigenvalue weighted by Gasteiger charge is 2.44. The summed E-state index contributed by atoms with van der Waals surface area (Å²) >= 11 is 0. The summed E-state index contributed by atoms with van der Waals surface area (Å²) in [5.74, 6) is 1.05. The molecule has 0 spiro atoms. The monoisotopic (exact) mass is 378 g/mol. The molecule has 0 saturated carbocycles. The standard InChI is InChI=1S/C20H23NO4.ClH/c1-21(2)8-7-12-10-15(25-4)20(23)18-16(12)13(21)9-11-5-6-14(24-3)19(22)17(11)18;/h5-6,10,13H,7-9H2,1-4H3,(H-,22,23);1H/p+1. The minimum absolute atomic E-state index is 0. The van der Waals surface area contributed by atoms with Gasteiger partial charge < -0.3 is 24.2 Å². The first-order chi connectivity index (χ1) is 11.9. The molecule has 0 radical (unpaired) electrons. The van der Waals surface area contributed by atoms with E-state index in [1.165, 1.54) is 12.7 Å². The number of halogens is 1. The van der Waals surface area contributed by atoms with E-state index in [-0.39, 0.29) is 29.9 Å². The van der Waals surface area contributed by atoms with Gasteiger partial charge in [-0.3, -0.25) is 0 Å². The highest BCUT2D eigenvalue weighted by Crippen LogP contribution is 2.56. The Morgan fingerprint density at radius 2 is 1.62 bits per heavy atom. The molecule has 4 rings (SSSR count). The van der Waals surface area contributed by atoms with Crippen LogP contribution in [-0.2, 0) is 12.8 Å². The van der Waals surface area contributed by atoms with Crippen molar-refractivity contribution in [2.45, 2.75) is 18.9 Å². The fourth-order valence-electron chi connectivity index (χ4n) is 4.41. The van der Waals surface area contributed by atoms with Crippen LogP contribution in [-0.4, -0.2) is 49.6 Å². The number of rotatable bonds is 2. The summed E-state index contributed by atoms with van der Waals surface area (Å²) in [7, 11) is 7.55. The fraction of sp³-hybridized carbons (Fsp3) is 0.400. The Bertz CT molecular complexity index is 879. The van der Waals surface area contributed by atoms with Gasteiger partial charge in [0.05, 0.1) is 34.9 Å².